The van der Waals surface area contributed by atoms with Crippen molar-refractivity contribution in [2.45, 2.75) is 32.7 Å². The molecule has 2 aromatic rings. The van der Waals surface area contributed by atoms with Gasteiger partial charge in [-0.3, -0.25) is 4.79 Å². The third kappa shape index (κ3) is 2.33. The van der Waals surface area contributed by atoms with Crippen molar-refractivity contribution in [2.75, 3.05) is 18.0 Å². The number of primary amides is 1. The van der Waals surface area contributed by atoms with E-state index in [1.54, 1.807) is 0 Å². The summed E-state index contributed by atoms with van der Waals surface area (Å²) < 4.78 is 14.8. The number of benzene rings is 1. The molecule has 3 rings (SSSR count). The van der Waals surface area contributed by atoms with Crippen molar-refractivity contribution >= 4 is 22.5 Å². The molecule has 118 valence electrons. The van der Waals surface area contributed by atoms with E-state index in [0.29, 0.717) is 17.8 Å². The van der Waals surface area contributed by atoms with Crippen LogP contribution in [0, 0.1) is 19.7 Å². The second-order valence-electron chi connectivity index (χ2n) is 6.13. The van der Waals surface area contributed by atoms with Gasteiger partial charge in [-0.1, -0.05) is 0 Å². The number of rotatable bonds is 3. The highest BCUT2D eigenvalue weighted by Crippen LogP contribution is 2.37. The number of carbonyl (C=O) groups is 1. The highest BCUT2D eigenvalue weighted by molar-refractivity contribution is 6.00. The van der Waals surface area contributed by atoms with Crippen LogP contribution >= 0.6 is 0 Å². The van der Waals surface area contributed by atoms with E-state index in [0.717, 1.165) is 35.1 Å². The van der Waals surface area contributed by atoms with Crippen LogP contribution in [-0.2, 0) is 11.2 Å². The van der Waals surface area contributed by atoms with Crippen LogP contribution in [0.15, 0.2) is 6.07 Å². The number of nitrogens with one attached hydrogen (secondary N) is 1. The number of fused-ring (bicyclic) bond motifs is 1. The Morgan fingerprint density at radius 3 is 2.82 bits per heavy atom. The van der Waals surface area contributed by atoms with Gasteiger partial charge in [-0.2, -0.15) is 0 Å². The molecule has 0 saturated carbocycles. The third-order valence-corrected chi connectivity index (χ3v) is 4.49. The maximum Gasteiger partial charge on any atom is 0.221 e. The van der Waals surface area contributed by atoms with Crippen LogP contribution in [0.5, 0.6) is 0 Å². The van der Waals surface area contributed by atoms with Gasteiger partial charge in [-0.05, 0) is 37.5 Å². The number of amides is 1. The van der Waals surface area contributed by atoms with Gasteiger partial charge in [0.05, 0.1) is 17.6 Å². The zero-order valence-corrected chi connectivity index (χ0v) is 12.9. The number of aromatic amines is 1. The molecule has 5 N–H and O–H groups in total. The summed E-state index contributed by atoms with van der Waals surface area (Å²) in [7, 11) is 0. The molecule has 2 heterocycles. The van der Waals surface area contributed by atoms with E-state index < -0.39 is 5.91 Å². The Labute approximate surface area is 128 Å². The van der Waals surface area contributed by atoms with Crippen molar-refractivity contribution in [2.24, 2.45) is 11.5 Å². The number of carbonyl (C=O) groups excluding carboxylic acids is 1. The molecule has 0 radical (unpaired) electrons. The first-order valence-electron chi connectivity index (χ1n) is 7.47. The lowest BCUT2D eigenvalue weighted by Gasteiger charge is -2.21. The first kappa shape index (κ1) is 14.8. The normalized spacial score (nSPS) is 18.4. The number of hydrogen-bond acceptors (Lipinski definition) is 3. The van der Waals surface area contributed by atoms with E-state index in [1.165, 1.54) is 6.07 Å². The van der Waals surface area contributed by atoms with Gasteiger partial charge in [0.2, 0.25) is 5.91 Å². The summed E-state index contributed by atoms with van der Waals surface area (Å²) in [4.78, 5) is 16.5. The molecule has 1 fully saturated rings. The molecule has 22 heavy (non-hydrogen) atoms. The molecular formula is C16H21FN4O. The molecule has 1 amide bonds. The van der Waals surface area contributed by atoms with Crippen molar-refractivity contribution in [1.82, 2.24) is 4.98 Å². The molecule has 0 unspecified atom stereocenters. The topological polar surface area (TPSA) is 88.1 Å². The van der Waals surface area contributed by atoms with E-state index in [4.69, 9.17) is 11.5 Å². The Balaban J connectivity index is 2.24. The van der Waals surface area contributed by atoms with E-state index >= 15 is 0 Å². The van der Waals surface area contributed by atoms with E-state index in [2.05, 4.69) is 4.98 Å². The molecule has 0 aliphatic carbocycles. The lowest BCUT2D eigenvalue weighted by molar-refractivity contribution is -0.117. The number of aromatic nitrogens is 1. The average Bonchev–Trinajstić information content (AvgIpc) is 2.96. The summed E-state index contributed by atoms with van der Waals surface area (Å²) in [6.07, 6.45) is 0.874. The quantitative estimate of drug-likeness (QED) is 0.802. The Kier molecular flexibility index (Phi) is 3.56. The van der Waals surface area contributed by atoms with Crippen molar-refractivity contribution in [3.05, 3.63) is 28.7 Å². The summed E-state index contributed by atoms with van der Waals surface area (Å²) in [5.41, 5.74) is 15.2. The third-order valence-electron chi connectivity index (χ3n) is 4.49. The van der Waals surface area contributed by atoms with Crippen LogP contribution in [0.2, 0.25) is 0 Å². The number of H-pyrrole nitrogens is 1. The Morgan fingerprint density at radius 2 is 2.23 bits per heavy atom. The first-order chi connectivity index (χ1) is 10.4. The van der Waals surface area contributed by atoms with Crippen molar-refractivity contribution < 1.29 is 9.18 Å². The lowest BCUT2D eigenvalue weighted by atomic mass is 10.0. The maximum atomic E-state index is 14.8. The molecule has 1 atom stereocenters. The second-order valence-corrected chi connectivity index (χ2v) is 6.13. The Hall–Kier alpha value is -2.08. The zero-order valence-electron chi connectivity index (χ0n) is 12.9. The number of halogens is 1. The summed E-state index contributed by atoms with van der Waals surface area (Å²) in [5, 5.41) is 0.836. The Morgan fingerprint density at radius 1 is 1.50 bits per heavy atom. The minimum Gasteiger partial charge on any atom is -0.369 e. The molecule has 1 aromatic heterocycles. The standard InChI is InChI=1S/C16H21FN4O/c1-8-9(2)20-15-10(6-13(19)22)5-12(17)16(14(8)15)21-4-3-11(18)7-21/h5,11,20H,3-4,6-7,18H2,1-2H3,(H2,19,22)/t11-/m0/s1. The highest BCUT2D eigenvalue weighted by Gasteiger charge is 2.26. The van der Waals surface area contributed by atoms with Gasteiger partial charge in [0.15, 0.2) is 0 Å². The molecule has 1 aliphatic rings. The van der Waals surface area contributed by atoms with Crippen LogP contribution < -0.4 is 16.4 Å². The Bertz CT molecular complexity index is 752. The van der Waals surface area contributed by atoms with Crippen molar-refractivity contribution in [3.63, 3.8) is 0 Å². The smallest absolute Gasteiger partial charge is 0.221 e. The van der Waals surface area contributed by atoms with E-state index in [9.17, 15) is 9.18 Å². The zero-order chi connectivity index (χ0) is 16.0. The first-order valence-corrected chi connectivity index (χ1v) is 7.47. The number of hydrogen-bond donors (Lipinski definition) is 3. The predicted molar refractivity (Wildman–Crippen MR) is 85.4 cm³/mol. The molecule has 6 heteroatoms. The summed E-state index contributed by atoms with van der Waals surface area (Å²) in [5.74, 6) is -0.790. The SMILES string of the molecule is Cc1[nH]c2c(CC(N)=O)cc(F)c(N3CC[C@H](N)C3)c2c1C. The summed E-state index contributed by atoms with van der Waals surface area (Å²) in [6, 6.07) is 1.49. The molecule has 1 aliphatic heterocycles. The van der Waals surface area contributed by atoms with Gasteiger partial charge < -0.3 is 21.4 Å². The van der Waals surface area contributed by atoms with Crippen molar-refractivity contribution in [1.29, 1.82) is 0 Å². The van der Waals surface area contributed by atoms with Gasteiger partial charge in [0.25, 0.3) is 0 Å². The minimum absolute atomic E-state index is 0.0204. The van der Waals surface area contributed by atoms with Crippen LogP contribution in [0.4, 0.5) is 10.1 Å². The van der Waals surface area contributed by atoms with Gasteiger partial charge in [-0.15, -0.1) is 0 Å². The van der Waals surface area contributed by atoms with Crippen LogP contribution in [-0.4, -0.2) is 30.0 Å². The van der Waals surface area contributed by atoms with Gasteiger partial charge in [-0.25, -0.2) is 4.39 Å². The number of nitrogens with zero attached hydrogens (tertiary/aromatic N) is 1. The molecular weight excluding hydrogens is 283 g/mol. The number of aryl methyl sites for hydroxylation is 2. The monoisotopic (exact) mass is 304 g/mol. The maximum absolute atomic E-state index is 14.8. The summed E-state index contributed by atoms with van der Waals surface area (Å²) >= 11 is 0. The van der Waals surface area contributed by atoms with Crippen LogP contribution in [0.1, 0.15) is 23.2 Å². The van der Waals surface area contributed by atoms with Gasteiger partial charge >= 0.3 is 0 Å². The molecule has 1 saturated heterocycles. The molecule has 0 bridgehead atoms. The second kappa shape index (κ2) is 5.28. The average molecular weight is 304 g/mol. The van der Waals surface area contributed by atoms with Gasteiger partial charge in [0.1, 0.15) is 5.82 Å². The summed E-state index contributed by atoms with van der Waals surface area (Å²) in [6.45, 7) is 5.29. The predicted octanol–water partition coefficient (Wildman–Crippen LogP) is 1.49. The highest BCUT2D eigenvalue weighted by atomic mass is 19.1. The van der Waals surface area contributed by atoms with Crippen molar-refractivity contribution in [3.8, 4) is 0 Å². The lowest BCUT2D eigenvalue weighted by Crippen LogP contribution is -2.27. The molecule has 5 nitrogen and oxygen atoms in total. The number of anilines is 1. The van der Waals surface area contributed by atoms with Crippen LogP contribution in [0.3, 0.4) is 0 Å². The fraction of sp³-hybridized carbons (Fsp3) is 0.438. The fourth-order valence-corrected chi connectivity index (χ4v) is 3.30. The van der Waals surface area contributed by atoms with Gasteiger partial charge in [0, 0.05) is 30.2 Å². The van der Waals surface area contributed by atoms with E-state index in [-0.39, 0.29) is 18.3 Å². The van der Waals surface area contributed by atoms with E-state index in [1.807, 2.05) is 18.7 Å². The minimum atomic E-state index is -0.471. The van der Waals surface area contributed by atoms with Crippen LogP contribution in [0.25, 0.3) is 10.9 Å². The number of nitrogens with two attached hydrogens (primary N) is 2. The molecule has 1 aromatic carbocycles. The molecule has 0 spiro atoms. The largest absolute Gasteiger partial charge is 0.369 e. The fourth-order valence-electron chi connectivity index (χ4n) is 3.30.